The van der Waals surface area contributed by atoms with E-state index >= 15 is 0 Å². The van der Waals surface area contributed by atoms with Crippen molar-refractivity contribution in [3.63, 3.8) is 0 Å². The summed E-state index contributed by atoms with van der Waals surface area (Å²) < 4.78 is 20.7. The van der Waals surface area contributed by atoms with Crippen LogP contribution < -0.4 is 9.80 Å². The van der Waals surface area contributed by atoms with Gasteiger partial charge in [-0.05, 0) is 24.6 Å². The van der Waals surface area contributed by atoms with Crippen molar-refractivity contribution < 1.29 is 23.8 Å². The summed E-state index contributed by atoms with van der Waals surface area (Å²) in [4.78, 5) is 26.7. The summed E-state index contributed by atoms with van der Waals surface area (Å²) in [6.07, 6.45) is 2.26. The van der Waals surface area contributed by atoms with E-state index in [1.54, 1.807) is 29.4 Å². The van der Waals surface area contributed by atoms with Gasteiger partial charge in [0.1, 0.15) is 0 Å². The zero-order valence-corrected chi connectivity index (χ0v) is 15.6. The Balaban J connectivity index is 1.69. The molecule has 3 heterocycles. The van der Waals surface area contributed by atoms with Crippen LogP contribution in [-0.4, -0.2) is 58.4 Å². The van der Waals surface area contributed by atoms with Crippen molar-refractivity contribution in [2.75, 3.05) is 29.6 Å². The number of rotatable bonds is 3. The van der Waals surface area contributed by atoms with E-state index in [2.05, 4.69) is 5.10 Å². The summed E-state index contributed by atoms with van der Waals surface area (Å²) >= 11 is 0. The van der Waals surface area contributed by atoms with E-state index in [0.717, 1.165) is 11.1 Å². The Kier molecular flexibility index (Phi) is 4.34. The number of amides is 2. The molecule has 148 valence electrons. The molecule has 28 heavy (non-hydrogen) atoms. The molecule has 2 amide bonds. The number of hydrogen-bond donors (Lipinski definition) is 1. The number of carbonyl (C=O) groups excluding carboxylic acids is 1. The number of ether oxygens (including phenoxy) is 1. The second-order valence-electron chi connectivity index (χ2n) is 7.40. The number of hydrogen-bond acceptors (Lipinski definition) is 4. The maximum Gasteiger partial charge on any atom is 0.411 e. The highest BCUT2D eigenvalue weighted by molar-refractivity contribution is 6.02. The van der Waals surface area contributed by atoms with E-state index in [1.165, 1.54) is 16.5 Å². The van der Waals surface area contributed by atoms with Gasteiger partial charge in [0.05, 0.1) is 43.4 Å². The van der Waals surface area contributed by atoms with E-state index in [0.29, 0.717) is 11.4 Å². The molecule has 0 aliphatic carbocycles. The number of halogens is 1. The van der Waals surface area contributed by atoms with Crippen LogP contribution in [-0.2, 0) is 16.1 Å². The number of alkyl halides is 1. The quantitative estimate of drug-likeness (QED) is 0.873. The normalized spacial score (nSPS) is 20.5. The van der Waals surface area contributed by atoms with Gasteiger partial charge in [0.15, 0.2) is 5.67 Å². The first-order valence-electron chi connectivity index (χ1n) is 9.01. The fourth-order valence-corrected chi connectivity index (χ4v) is 3.77. The number of aromatic nitrogens is 2. The summed E-state index contributed by atoms with van der Waals surface area (Å²) in [5.41, 5.74) is 1.09. The van der Waals surface area contributed by atoms with Gasteiger partial charge < -0.3 is 14.7 Å². The summed E-state index contributed by atoms with van der Waals surface area (Å²) in [6, 6.07) is 5.02. The molecule has 2 aliphatic heterocycles. The summed E-state index contributed by atoms with van der Waals surface area (Å²) in [7, 11) is 0. The zero-order valence-electron chi connectivity index (χ0n) is 15.6. The molecule has 1 aromatic heterocycles. The van der Waals surface area contributed by atoms with Gasteiger partial charge in [-0.3, -0.25) is 14.4 Å². The van der Waals surface area contributed by atoms with Gasteiger partial charge in [0.2, 0.25) is 5.91 Å². The molecular weight excluding hydrogens is 367 g/mol. The molecule has 1 N–H and O–H groups in total. The lowest BCUT2D eigenvalue weighted by atomic mass is 10.0. The Hall–Kier alpha value is -2.94. The van der Waals surface area contributed by atoms with Crippen LogP contribution in [0.2, 0.25) is 0 Å². The maximum atomic E-state index is 14.2. The first kappa shape index (κ1) is 18.4. The van der Waals surface area contributed by atoms with Crippen LogP contribution in [0.3, 0.4) is 0 Å². The fraction of sp³-hybridized carbons (Fsp3) is 0.421. The summed E-state index contributed by atoms with van der Waals surface area (Å²) in [5.74, 6) is -0.143. The van der Waals surface area contributed by atoms with Crippen LogP contribution in [0.5, 0.6) is 0 Å². The van der Waals surface area contributed by atoms with Gasteiger partial charge in [0, 0.05) is 25.2 Å². The van der Waals surface area contributed by atoms with Crippen molar-refractivity contribution in [2.24, 2.45) is 0 Å². The molecule has 8 nitrogen and oxygen atoms in total. The minimum atomic E-state index is -1.39. The molecule has 0 radical (unpaired) electrons. The lowest BCUT2D eigenvalue weighted by Crippen LogP contribution is -2.51. The Morgan fingerprint density at radius 1 is 1.32 bits per heavy atom. The van der Waals surface area contributed by atoms with E-state index < -0.39 is 11.8 Å². The van der Waals surface area contributed by atoms with Crippen LogP contribution >= 0.6 is 0 Å². The topological polar surface area (TPSA) is 87.9 Å². The number of anilines is 2. The van der Waals surface area contributed by atoms with E-state index in [4.69, 9.17) is 4.74 Å². The third-order valence-corrected chi connectivity index (χ3v) is 5.12. The number of fused-ring (bicyclic) bond motifs is 1. The molecular formula is C19H21FN4O4. The molecule has 9 heteroatoms. The minimum Gasteiger partial charge on any atom is -0.465 e. The molecule has 2 aliphatic rings. The molecule has 1 saturated heterocycles. The summed E-state index contributed by atoms with van der Waals surface area (Å²) in [6.45, 7) is 3.70. The maximum absolute atomic E-state index is 14.2. The van der Waals surface area contributed by atoms with Gasteiger partial charge in [-0.25, -0.2) is 9.18 Å². The average Bonchev–Trinajstić information content (AvgIpc) is 3.07. The van der Waals surface area contributed by atoms with Gasteiger partial charge in [0.25, 0.3) is 0 Å². The molecule has 0 saturated carbocycles. The summed E-state index contributed by atoms with van der Waals surface area (Å²) in [5, 5.41) is 13.8. The van der Waals surface area contributed by atoms with Crippen LogP contribution in [0.25, 0.3) is 11.1 Å². The molecule has 0 bridgehead atoms. The first-order valence-corrected chi connectivity index (χ1v) is 9.01. The third-order valence-electron chi connectivity index (χ3n) is 5.12. The lowest BCUT2D eigenvalue weighted by molar-refractivity contribution is -0.138. The van der Waals surface area contributed by atoms with E-state index in [1.807, 2.05) is 13.0 Å². The molecule has 1 fully saturated rings. The van der Waals surface area contributed by atoms with Gasteiger partial charge in [-0.1, -0.05) is 6.07 Å². The predicted octanol–water partition coefficient (Wildman–Crippen LogP) is 2.53. The van der Waals surface area contributed by atoms with Crippen LogP contribution in [0.1, 0.15) is 13.8 Å². The molecule has 1 aromatic carbocycles. The lowest BCUT2D eigenvalue weighted by Gasteiger charge is -2.39. The Morgan fingerprint density at radius 3 is 2.68 bits per heavy atom. The largest absolute Gasteiger partial charge is 0.465 e. The molecule has 1 atom stereocenters. The first-order chi connectivity index (χ1) is 13.3. The van der Waals surface area contributed by atoms with Crippen LogP contribution in [0, 0.1) is 0 Å². The van der Waals surface area contributed by atoms with Gasteiger partial charge in [-0.15, -0.1) is 0 Å². The molecule has 0 unspecified atom stereocenters. The molecule has 2 aromatic rings. The Labute approximate surface area is 161 Å². The van der Waals surface area contributed by atoms with Crippen molar-refractivity contribution in [2.45, 2.75) is 32.1 Å². The monoisotopic (exact) mass is 388 g/mol. The van der Waals surface area contributed by atoms with Gasteiger partial charge in [-0.2, -0.15) is 5.10 Å². The average molecular weight is 388 g/mol. The highest BCUT2D eigenvalue weighted by Crippen LogP contribution is 2.39. The van der Waals surface area contributed by atoms with Crippen molar-refractivity contribution in [1.82, 2.24) is 9.78 Å². The van der Waals surface area contributed by atoms with Gasteiger partial charge >= 0.3 is 6.09 Å². The smallest absolute Gasteiger partial charge is 0.411 e. The number of nitrogens with zero attached hydrogens (tertiary/aromatic N) is 4. The van der Waals surface area contributed by atoms with Crippen LogP contribution in [0.15, 0.2) is 30.6 Å². The number of carboxylic acid groups (broad SMARTS) is 1. The third kappa shape index (κ3) is 3.11. The van der Waals surface area contributed by atoms with E-state index in [-0.39, 0.29) is 38.3 Å². The molecule has 0 spiro atoms. The van der Waals surface area contributed by atoms with Crippen molar-refractivity contribution in [1.29, 1.82) is 0 Å². The van der Waals surface area contributed by atoms with Crippen molar-refractivity contribution in [3.05, 3.63) is 30.6 Å². The Bertz CT molecular complexity index is 940. The Morgan fingerprint density at radius 2 is 2.07 bits per heavy atom. The highest BCUT2D eigenvalue weighted by atomic mass is 19.1. The SMILES string of the molecule is CC(=O)N1c2ccc(-c3cnn(CC4(F)COC4)c3)cc2N(C(=O)O)C[C@@H]1C. The van der Waals surface area contributed by atoms with Crippen molar-refractivity contribution >= 4 is 23.4 Å². The zero-order chi connectivity index (χ0) is 20.1. The van der Waals surface area contributed by atoms with Crippen LogP contribution in [0.4, 0.5) is 20.6 Å². The number of carbonyl (C=O) groups is 2. The number of benzene rings is 1. The van der Waals surface area contributed by atoms with E-state index in [9.17, 15) is 19.1 Å². The fourth-order valence-electron chi connectivity index (χ4n) is 3.77. The van der Waals surface area contributed by atoms with Crippen molar-refractivity contribution in [3.8, 4) is 11.1 Å². The second-order valence-corrected chi connectivity index (χ2v) is 7.40. The standard InChI is InChI=1S/C19H21FN4O4/c1-12-7-23(18(26)27)17-5-14(3-4-16(17)24(12)13(2)25)15-6-21-22(8-15)9-19(20)10-28-11-19/h3-6,8,12H,7,9-11H2,1-2H3,(H,26,27)/t12-/m0/s1. The highest BCUT2D eigenvalue weighted by Gasteiger charge is 2.39. The predicted molar refractivity (Wildman–Crippen MR) is 100 cm³/mol. The molecule has 4 rings (SSSR count). The minimum absolute atomic E-state index is 0.0632. The second kappa shape index (κ2) is 6.59.